The molecule has 0 aliphatic rings. The lowest BCUT2D eigenvalue weighted by Gasteiger charge is -2.03. The first-order valence-corrected chi connectivity index (χ1v) is 3.75. The van der Waals surface area contributed by atoms with E-state index in [9.17, 15) is 9.18 Å². The number of halogens is 1. The predicted octanol–water partition coefficient (Wildman–Crippen LogP) is 0.790. The van der Waals surface area contributed by atoms with Crippen molar-refractivity contribution in [3.63, 3.8) is 0 Å². The number of nitrogen functional groups attached to an aromatic ring is 1. The fraction of sp³-hybridized carbons (Fsp3) is 0.375. The SMILES string of the molecule is Nc1cn(CCCF)ccc1=O. The molecule has 1 rings (SSSR count). The molecule has 0 saturated carbocycles. The molecule has 0 aliphatic heterocycles. The molecule has 0 fully saturated rings. The van der Waals surface area contributed by atoms with E-state index in [0.29, 0.717) is 13.0 Å². The zero-order chi connectivity index (χ0) is 8.97. The second-order valence-electron chi connectivity index (χ2n) is 2.54. The van der Waals surface area contributed by atoms with Crippen LogP contribution in [0.2, 0.25) is 0 Å². The van der Waals surface area contributed by atoms with Crippen molar-refractivity contribution < 1.29 is 4.39 Å². The number of anilines is 1. The minimum Gasteiger partial charge on any atom is -0.394 e. The van der Waals surface area contributed by atoms with Crippen molar-refractivity contribution in [1.82, 2.24) is 4.57 Å². The van der Waals surface area contributed by atoms with Gasteiger partial charge in [0.2, 0.25) is 5.43 Å². The van der Waals surface area contributed by atoms with Gasteiger partial charge in [0.25, 0.3) is 0 Å². The zero-order valence-electron chi connectivity index (χ0n) is 6.66. The summed E-state index contributed by atoms with van der Waals surface area (Å²) in [4.78, 5) is 10.8. The average molecular weight is 170 g/mol. The number of pyridine rings is 1. The third kappa shape index (κ3) is 2.08. The maximum Gasteiger partial charge on any atom is 0.204 e. The van der Waals surface area contributed by atoms with Gasteiger partial charge in [-0.25, -0.2) is 0 Å². The highest BCUT2D eigenvalue weighted by molar-refractivity contribution is 5.33. The summed E-state index contributed by atoms with van der Waals surface area (Å²) >= 11 is 0. The van der Waals surface area contributed by atoms with Crippen LogP contribution in [0.1, 0.15) is 6.42 Å². The van der Waals surface area contributed by atoms with Gasteiger partial charge in [0, 0.05) is 25.0 Å². The normalized spacial score (nSPS) is 10.1. The predicted molar refractivity (Wildman–Crippen MR) is 45.7 cm³/mol. The first-order valence-electron chi connectivity index (χ1n) is 3.75. The fourth-order valence-electron chi connectivity index (χ4n) is 0.926. The Balaban J connectivity index is 2.75. The first kappa shape index (κ1) is 8.77. The number of alkyl halides is 1. The molecule has 0 radical (unpaired) electrons. The lowest BCUT2D eigenvalue weighted by Crippen LogP contribution is -2.11. The molecule has 0 unspecified atom stereocenters. The van der Waals surface area contributed by atoms with Crippen LogP contribution in [0.5, 0.6) is 0 Å². The Labute approximate surface area is 69.6 Å². The van der Waals surface area contributed by atoms with E-state index in [2.05, 4.69) is 0 Å². The smallest absolute Gasteiger partial charge is 0.204 e. The van der Waals surface area contributed by atoms with E-state index in [4.69, 9.17) is 5.73 Å². The molecule has 1 aromatic heterocycles. The molecule has 0 spiro atoms. The van der Waals surface area contributed by atoms with E-state index in [1.807, 2.05) is 0 Å². The topological polar surface area (TPSA) is 48.0 Å². The van der Waals surface area contributed by atoms with Gasteiger partial charge in [-0.15, -0.1) is 0 Å². The summed E-state index contributed by atoms with van der Waals surface area (Å²) in [6.07, 6.45) is 3.58. The van der Waals surface area contributed by atoms with Gasteiger partial charge in [0.05, 0.1) is 12.4 Å². The number of aromatic nitrogens is 1. The molecule has 66 valence electrons. The number of rotatable bonds is 3. The quantitative estimate of drug-likeness (QED) is 0.729. The van der Waals surface area contributed by atoms with E-state index in [1.165, 1.54) is 12.3 Å². The fourth-order valence-corrected chi connectivity index (χ4v) is 0.926. The van der Waals surface area contributed by atoms with E-state index in [-0.39, 0.29) is 17.8 Å². The summed E-state index contributed by atoms with van der Waals surface area (Å²) in [6, 6.07) is 1.38. The maximum absolute atomic E-state index is 11.8. The molecule has 1 heterocycles. The Morgan fingerprint density at radius 1 is 1.58 bits per heavy atom. The molecular formula is C8H11FN2O. The number of hydrogen-bond acceptors (Lipinski definition) is 2. The van der Waals surface area contributed by atoms with Gasteiger partial charge in [0.15, 0.2) is 0 Å². The lowest BCUT2D eigenvalue weighted by molar-refractivity contribution is 0.446. The van der Waals surface area contributed by atoms with Crippen LogP contribution in [0.3, 0.4) is 0 Å². The minimum atomic E-state index is -0.355. The van der Waals surface area contributed by atoms with Crippen molar-refractivity contribution in [2.75, 3.05) is 12.4 Å². The third-order valence-corrected chi connectivity index (χ3v) is 1.56. The van der Waals surface area contributed by atoms with Crippen molar-refractivity contribution in [2.45, 2.75) is 13.0 Å². The van der Waals surface area contributed by atoms with Crippen molar-refractivity contribution in [1.29, 1.82) is 0 Å². The summed E-state index contributed by atoms with van der Waals surface area (Å²) in [5, 5.41) is 0. The average Bonchev–Trinajstić information content (AvgIpc) is 2.07. The summed E-state index contributed by atoms with van der Waals surface area (Å²) in [5.41, 5.74) is 5.38. The van der Waals surface area contributed by atoms with E-state index in [0.717, 1.165) is 0 Å². The highest BCUT2D eigenvalue weighted by Crippen LogP contribution is 1.95. The van der Waals surface area contributed by atoms with Crippen molar-refractivity contribution in [2.24, 2.45) is 0 Å². The highest BCUT2D eigenvalue weighted by atomic mass is 19.1. The monoisotopic (exact) mass is 170 g/mol. The molecule has 0 aromatic carbocycles. The van der Waals surface area contributed by atoms with Gasteiger partial charge < -0.3 is 10.3 Å². The molecule has 0 amide bonds. The largest absolute Gasteiger partial charge is 0.394 e. The van der Waals surface area contributed by atoms with Gasteiger partial charge in [-0.05, 0) is 6.42 Å². The standard InChI is InChI=1S/C8H11FN2O/c9-3-1-4-11-5-2-8(12)7(10)6-11/h2,5-6H,1,3-4,10H2. The zero-order valence-corrected chi connectivity index (χ0v) is 6.66. The van der Waals surface area contributed by atoms with Crippen LogP contribution in [0, 0.1) is 0 Å². The highest BCUT2D eigenvalue weighted by Gasteiger charge is 1.94. The number of hydrogen-bond donors (Lipinski definition) is 1. The van der Waals surface area contributed by atoms with Crippen LogP contribution < -0.4 is 11.2 Å². The van der Waals surface area contributed by atoms with Gasteiger partial charge in [-0.1, -0.05) is 0 Å². The van der Waals surface area contributed by atoms with Crippen molar-refractivity contribution in [3.05, 3.63) is 28.7 Å². The second kappa shape index (κ2) is 3.90. The number of aryl methyl sites for hydroxylation is 1. The molecule has 1 aromatic rings. The molecule has 0 aliphatic carbocycles. The van der Waals surface area contributed by atoms with Crippen LogP contribution >= 0.6 is 0 Å². The Morgan fingerprint density at radius 2 is 2.33 bits per heavy atom. The summed E-state index contributed by atoms with van der Waals surface area (Å²) in [6.45, 7) is 0.201. The number of nitrogens with zero attached hydrogens (tertiary/aromatic N) is 1. The molecule has 0 atom stereocenters. The molecule has 4 heteroatoms. The van der Waals surface area contributed by atoms with Crippen molar-refractivity contribution >= 4 is 5.69 Å². The van der Waals surface area contributed by atoms with E-state index in [1.54, 1.807) is 10.8 Å². The van der Waals surface area contributed by atoms with E-state index < -0.39 is 0 Å². The molecular weight excluding hydrogens is 159 g/mol. The lowest BCUT2D eigenvalue weighted by atomic mass is 10.4. The first-order chi connectivity index (χ1) is 5.74. The molecule has 3 nitrogen and oxygen atoms in total. The Hall–Kier alpha value is -1.32. The molecule has 0 saturated heterocycles. The van der Waals surface area contributed by atoms with Crippen molar-refractivity contribution in [3.8, 4) is 0 Å². The molecule has 2 N–H and O–H groups in total. The van der Waals surface area contributed by atoms with Gasteiger partial charge in [-0.2, -0.15) is 0 Å². The molecule has 12 heavy (non-hydrogen) atoms. The Kier molecular flexibility index (Phi) is 2.85. The van der Waals surface area contributed by atoms with Crippen LogP contribution in [0.25, 0.3) is 0 Å². The molecule has 0 bridgehead atoms. The van der Waals surface area contributed by atoms with Crippen LogP contribution in [-0.4, -0.2) is 11.2 Å². The Morgan fingerprint density at radius 3 is 2.92 bits per heavy atom. The second-order valence-corrected chi connectivity index (χ2v) is 2.54. The van der Waals surface area contributed by atoms with Gasteiger partial charge >= 0.3 is 0 Å². The van der Waals surface area contributed by atoms with Crippen LogP contribution in [0.15, 0.2) is 23.3 Å². The van der Waals surface area contributed by atoms with Crippen LogP contribution in [0.4, 0.5) is 10.1 Å². The summed E-state index contributed by atoms with van der Waals surface area (Å²) in [7, 11) is 0. The summed E-state index contributed by atoms with van der Waals surface area (Å²) in [5.74, 6) is 0. The number of nitrogens with two attached hydrogens (primary N) is 1. The summed E-state index contributed by atoms with van der Waals surface area (Å²) < 4.78 is 13.5. The maximum atomic E-state index is 11.8. The van der Waals surface area contributed by atoms with Gasteiger partial charge in [0.1, 0.15) is 0 Å². The van der Waals surface area contributed by atoms with Crippen LogP contribution in [-0.2, 0) is 6.54 Å². The third-order valence-electron chi connectivity index (χ3n) is 1.56. The van der Waals surface area contributed by atoms with Gasteiger partial charge in [-0.3, -0.25) is 9.18 Å². The van der Waals surface area contributed by atoms with E-state index >= 15 is 0 Å². The Bertz CT molecular complexity index is 308. The minimum absolute atomic E-state index is 0.188.